The number of halogens is 2. The van der Waals surface area contributed by atoms with Gasteiger partial charge in [0, 0.05) is 18.0 Å². The average molecular weight is 319 g/mol. The van der Waals surface area contributed by atoms with Gasteiger partial charge in [0.1, 0.15) is 0 Å². The minimum atomic E-state index is 0. The van der Waals surface area contributed by atoms with Gasteiger partial charge < -0.3 is 10.6 Å². The first kappa shape index (κ1) is 19.7. The summed E-state index contributed by atoms with van der Waals surface area (Å²) in [6.45, 7) is 6.65. The number of piperidine rings is 1. The summed E-state index contributed by atoms with van der Waals surface area (Å²) in [5, 5.41) is 0. The molecule has 1 heterocycles. The Hall–Kier alpha value is -0.280. The van der Waals surface area contributed by atoms with Crippen LogP contribution < -0.4 is 5.73 Å². The fourth-order valence-electron chi connectivity index (χ4n) is 3.59. The van der Waals surface area contributed by atoms with Gasteiger partial charge in [-0.2, -0.15) is 0 Å². The Kier molecular flexibility index (Phi) is 8.12. The molecule has 1 aromatic rings. The molecule has 1 saturated heterocycles. The molecule has 0 radical (unpaired) electrons. The standard InChI is InChI=1S/C16H26N2.2ClH/c1-13-12-18(3)14(2)11-16(13,9-10-17)15-7-5-4-6-8-15;;/h4-8,13-14H,9-12,17H2,1-3H3;2*1H. The van der Waals surface area contributed by atoms with E-state index >= 15 is 0 Å². The zero-order chi connectivity index (χ0) is 13.2. The maximum Gasteiger partial charge on any atom is 0.00726 e. The van der Waals surface area contributed by atoms with E-state index < -0.39 is 0 Å². The maximum atomic E-state index is 5.91. The lowest BCUT2D eigenvalue weighted by molar-refractivity contribution is 0.0704. The average Bonchev–Trinajstić information content (AvgIpc) is 2.37. The van der Waals surface area contributed by atoms with Gasteiger partial charge in [0.05, 0.1) is 0 Å². The Bertz CT molecular complexity index is 385. The van der Waals surface area contributed by atoms with Gasteiger partial charge in [0.25, 0.3) is 0 Å². The van der Waals surface area contributed by atoms with Crippen LogP contribution in [0.5, 0.6) is 0 Å². The van der Waals surface area contributed by atoms with Crippen LogP contribution in [-0.2, 0) is 5.41 Å². The lowest BCUT2D eigenvalue weighted by Gasteiger charge is -2.49. The van der Waals surface area contributed by atoms with Crippen LogP contribution in [0.15, 0.2) is 30.3 Å². The smallest absolute Gasteiger partial charge is 0.00726 e. The monoisotopic (exact) mass is 318 g/mol. The molecule has 1 aliphatic rings. The fraction of sp³-hybridized carbons (Fsp3) is 0.625. The predicted molar refractivity (Wildman–Crippen MR) is 92.2 cm³/mol. The predicted octanol–water partition coefficient (Wildman–Crippen LogP) is 3.48. The van der Waals surface area contributed by atoms with E-state index in [-0.39, 0.29) is 30.2 Å². The fourth-order valence-corrected chi connectivity index (χ4v) is 3.59. The van der Waals surface area contributed by atoms with Crippen molar-refractivity contribution in [2.45, 2.75) is 38.1 Å². The number of nitrogens with zero attached hydrogens (tertiary/aromatic N) is 1. The molecule has 3 atom stereocenters. The third-order valence-electron chi connectivity index (χ3n) is 4.86. The maximum absolute atomic E-state index is 5.91. The minimum absolute atomic E-state index is 0. The Morgan fingerprint density at radius 3 is 2.35 bits per heavy atom. The molecular weight excluding hydrogens is 291 g/mol. The van der Waals surface area contributed by atoms with Crippen LogP contribution in [0.2, 0.25) is 0 Å². The second-order valence-corrected chi connectivity index (χ2v) is 5.95. The van der Waals surface area contributed by atoms with E-state index in [4.69, 9.17) is 5.73 Å². The Balaban J connectivity index is 0.00000180. The van der Waals surface area contributed by atoms with E-state index in [9.17, 15) is 0 Å². The van der Waals surface area contributed by atoms with Crippen LogP contribution in [0, 0.1) is 5.92 Å². The first-order valence-electron chi connectivity index (χ1n) is 7.06. The number of rotatable bonds is 3. The molecule has 1 fully saturated rings. The highest BCUT2D eigenvalue weighted by atomic mass is 35.5. The van der Waals surface area contributed by atoms with Crippen LogP contribution in [0.4, 0.5) is 0 Å². The normalized spacial score (nSPS) is 30.2. The highest BCUT2D eigenvalue weighted by Crippen LogP contribution is 2.43. The molecule has 0 amide bonds. The third kappa shape index (κ3) is 3.67. The van der Waals surface area contributed by atoms with E-state index in [1.165, 1.54) is 12.0 Å². The lowest BCUT2D eigenvalue weighted by atomic mass is 9.63. The van der Waals surface area contributed by atoms with E-state index in [1.807, 2.05) is 0 Å². The molecule has 0 aromatic heterocycles. The topological polar surface area (TPSA) is 29.3 Å². The number of benzene rings is 1. The number of likely N-dealkylation sites (tertiary alicyclic amines) is 1. The van der Waals surface area contributed by atoms with Gasteiger partial charge in [-0.05, 0) is 44.8 Å². The molecule has 0 spiro atoms. The van der Waals surface area contributed by atoms with Crippen molar-refractivity contribution in [2.24, 2.45) is 11.7 Å². The number of hydrogen-bond acceptors (Lipinski definition) is 2. The molecule has 1 aromatic carbocycles. The summed E-state index contributed by atoms with van der Waals surface area (Å²) >= 11 is 0. The molecular formula is C16H28Cl2N2. The Labute approximate surface area is 135 Å². The molecule has 20 heavy (non-hydrogen) atoms. The van der Waals surface area contributed by atoms with Crippen molar-refractivity contribution < 1.29 is 0 Å². The third-order valence-corrected chi connectivity index (χ3v) is 4.86. The van der Waals surface area contributed by atoms with Gasteiger partial charge in [-0.1, -0.05) is 37.3 Å². The Morgan fingerprint density at radius 1 is 1.20 bits per heavy atom. The lowest BCUT2D eigenvalue weighted by Crippen LogP contribution is -2.52. The molecule has 0 saturated carbocycles. The first-order valence-corrected chi connectivity index (χ1v) is 7.06. The van der Waals surface area contributed by atoms with Gasteiger partial charge >= 0.3 is 0 Å². The van der Waals surface area contributed by atoms with E-state index in [1.54, 1.807) is 0 Å². The number of hydrogen-bond donors (Lipinski definition) is 1. The van der Waals surface area contributed by atoms with Gasteiger partial charge in [0.2, 0.25) is 0 Å². The molecule has 116 valence electrons. The van der Waals surface area contributed by atoms with Crippen LogP contribution in [0.1, 0.15) is 32.3 Å². The largest absolute Gasteiger partial charge is 0.330 e. The first-order chi connectivity index (χ1) is 8.60. The molecule has 3 unspecified atom stereocenters. The van der Waals surface area contributed by atoms with Crippen LogP contribution in [0.3, 0.4) is 0 Å². The summed E-state index contributed by atoms with van der Waals surface area (Å²) in [5.41, 5.74) is 7.65. The van der Waals surface area contributed by atoms with Gasteiger partial charge in [-0.3, -0.25) is 0 Å². The molecule has 1 aliphatic heterocycles. The summed E-state index contributed by atoms with van der Waals surface area (Å²) in [6, 6.07) is 11.6. The molecule has 2 nitrogen and oxygen atoms in total. The second kappa shape index (κ2) is 8.23. The van der Waals surface area contributed by atoms with Crippen LogP contribution in [0.25, 0.3) is 0 Å². The molecule has 0 bridgehead atoms. The molecule has 0 aliphatic carbocycles. The summed E-state index contributed by atoms with van der Waals surface area (Å²) < 4.78 is 0. The van der Waals surface area contributed by atoms with Gasteiger partial charge in [-0.25, -0.2) is 0 Å². The van der Waals surface area contributed by atoms with E-state index in [0.717, 1.165) is 19.5 Å². The van der Waals surface area contributed by atoms with Crippen molar-refractivity contribution in [2.75, 3.05) is 20.1 Å². The molecule has 4 heteroatoms. The van der Waals surface area contributed by atoms with Crippen molar-refractivity contribution in [3.63, 3.8) is 0 Å². The van der Waals surface area contributed by atoms with E-state index in [2.05, 4.69) is 56.1 Å². The van der Waals surface area contributed by atoms with Crippen LogP contribution >= 0.6 is 24.8 Å². The zero-order valence-corrected chi connectivity index (χ0v) is 14.3. The molecule has 2 N–H and O–H groups in total. The van der Waals surface area contributed by atoms with Gasteiger partial charge in [0.15, 0.2) is 0 Å². The SMILES string of the molecule is CC1CC(CCN)(c2ccccc2)C(C)CN1C.Cl.Cl. The van der Waals surface area contributed by atoms with Crippen molar-refractivity contribution in [1.82, 2.24) is 4.90 Å². The van der Waals surface area contributed by atoms with Gasteiger partial charge in [-0.15, -0.1) is 24.8 Å². The minimum Gasteiger partial charge on any atom is -0.330 e. The highest BCUT2D eigenvalue weighted by Gasteiger charge is 2.42. The van der Waals surface area contributed by atoms with Crippen molar-refractivity contribution in [3.8, 4) is 0 Å². The summed E-state index contributed by atoms with van der Waals surface area (Å²) in [4.78, 5) is 2.47. The summed E-state index contributed by atoms with van der Waals surface area (Å²) in [7, 11) is 2.23. The van der Waals surface area contributed by atoms with E-state index in [0.29, 0.717) is 12.0 Å². The Morgan fingerprint density at radius 2 is 1.80 bits per heavy atom. The van der Waals surface area contributed by atoms with Crippen molar-refractivity contribution in [1.29, 1.82) is 0 Å². The molecule has 2 rings (SSSR count). The second-order valence-electron chi connectivity index (χ2n) is 5.95. The quantitative estimate of drug-likeness (QED) is 0.924. The summed E-state index contributed by atoms with van der Waals surface area (Å²) in [6.07, 6.45) is 2.31. The van der Waals surface area contributed by atoms with Crippen molar-refractivity contribution in [3.05, 3.63) is 35.9 Å². The van der Waals surface area contributed by atoms with Crippen LogP contribution in [-0.4, -0.2) is 31.1 Å². The number of nitrogens with two attached hydrogens (primary N) is 1. The summed E-state index contributed by atoms with van der Waals surface area (Å²) in [5.74, 6) is 0.657. The highest BCUT2D eigenvalue weighted by molar-refractivity contribution is 5.85. The zero-order valence-electron chi connectivity index (χ0n) is 12.7. The van der Waals surface area contributed by atoms with Crippen molar-refractivity contribution >= 4 is 24.8 Å².